The van der Waals surface area contributed by atoms with Crippen molar-refractivity contribution in [2.24, 2.45) is 0 Å². The molecule has 1 aromatic carbocycles. The average molecular weight is 347 g/mol. The standard InChI is InChI=1S/C14H8BrFN4O/c15-4-7-1-8(3-9(16)2-7)12-10(5-17)13(19)20-14(21)11(12)6-18/h1-3H,4H2,(H3,19,20,21). The fraction of sp³-hybridized carbons (Fsp3) is 0.0714. The van der Waals surface area contributed by atoms with Gasteiger partial charge in [-0.1, -0.05) is 22.0 Å². The van der Waals surface area contributed by atoms with Crippen molar-refractivity contribution in [1.82, 2.24) is 4.98 Å². The minimum atomic E-state index is -0.714. The van der Waals surface area contributed by atoms with Crippen LogP contribution in [-0.4, -0.2) is 4.98 Å². The zero-order valence-corrected chi connectivity index (χ0v) is 12.2. The minimum Gasteiger partial charge on any atom is -0.384 e. The lowest BCUT2D eigenvalue weighted by atomic mass is 9.95. The predicted octanol–water partition coefficient (Wildman–Crippen LogP) is 2.40. The molecule has 0 spiro atoms. The van der Waals surface area contributed by atoms with Gasteiger partial charge in [-0.2, -0.15) is 10.5 Å². The van der Waals surface area contributed by atoms with Crippen molar-refractivity contribution < 1.29 is 4.39 Å². The molecule has 104 valence electrons. The maximum atomic E-state index is 13.7. The number of rotatable bonds is 2. The summed E-state index contributed by atoms with van der Waals surface area (Å²) >= 11 is 3.21. The molecule has 5 nitrogen and oxygen atoms in total. The number of H-pyrrole nitrogens is 1. The number of pyridine rings is 1. The van der Waals surface area contributed by atoms with Crippen LogP contribution in [0.15, 0.2) is 23.0 Å². The van der Waals surface area contributed by atoms with E-state index in [1.165, 1.54) is 6.07 Å². The van der Waals surface area contributed by atoms with E-state index in [1.54, 1.807) is 12.1 Å². The Bertz CT molecular complexity index is 861. The number of nitrogens with zero attached hydrogens (tertiary/aromatic N) is 2. The van der Waals surface area contributed by atoms with Crippen LogP contribution in [0.2, 0.25) is 0 Å². The molecule has 0 unspecified atom stereocenters. The summed E-state index contributed by atoms with van der Waals surface area (Å²) in [7, 11) is 0. The Labute approximate surface area is 127 Å². The number of anilines is 1. The van der Waals surface area contributed by atoms with Crippen LogP contribution in [-0.2, 0) is 5.33 Å². The van der Waals surface area contributed by atoms with Gasteiger partial charge in [-0.15, -0.1) is 0 Å². The first kappa shape index (κ1) is 14.8. The Morgan fingerprint density at radius 3 is 2.48 bits per heavy atom. The first-order valence-electron chi connectivity index (χ1n) is 5.73. The molecule has 0 atom stereocenters. The van der Waals surface area contributed by atoms with Crippen molar-refractivity contribution in [2.75, 3.05) is 5.73 Å². The molecule has 0 saturated carbocycles. The van der Waals surface area contributed by atoms with Crippen LogP contribution in [0, 0.1) is 28.5 Å². The maximum Gasteiger partial charge on any atom is 0.268 e. The molecule has 21 heavy (non-hydrogen) atoms. The van der Waals surface area contributed by atoms with Gasteiger partial charge < -0.3 is 10.7 Å². The number of hydrogen-bond acceptors (Lipinski definition) is 4. The topological polar surface area (TPSA) is 106 Å². The van der Waals surface area contributed by atoms with Gasteiger partial charge in [0, 0.05) is 10.9 Å². The molecule has 0 bridgehead atoms. The van der Waals surface area contributed by atoms with E-state index >= 15 is 0 Å². The molecule has 0 aliphatic heterocycles. The molecule has 0 amide bonds. The van der Waals surface area contributed by atoms with Crippen LogP contribution in [0.4, 0.5) is 10.2 Å². The van der Waals surface area contributed by atoms with E-state index in [9.17, 15) is 14.4 Å². The van der Waals surface area contributed by atoms with Gasteiger partial charge in [0.05, 0.1) is 0 Å². The van der Waals surface area contributed by atoms with Crippen molar-refractivity contribution in [2.45, 2.75) is 5.33 Å². The van der Waals surface area contributed by atoms with Gasteiger partial charge in [0.25, 0.3) is 5.56 Å². The molecule has 2 aromatic rings. The number of aromatic nitrogens is 1. The molecule has 0 aliphatic carbocycles. The summed E-state index contributed by atoms with van der Waals surface area (Å²) in [6.07, 6.45) is 0. The van der Waals surface area contributed by atoms with E-state index in [0.29, 0.717) is 10.9 Å². The molecule has 7 heteroatoms. The third-order valence-corrected chi connectivity index (χ3v) is 3.52. The zero-order chi connectivity index (χ0) is 15.6. The van der Waals surface area contributed by atoms with E-state index in [0.717, 1.165) is 6.07 Å². The van der Waals surface area contributed by atoms with E-state index in [2.05, 4.69) is 20.9 Å². The Balaban J connectivity index is 2.93. The van der Waals surface area contributed by atoms with E-state index in [1.807, 2.05) is 6.07 Å². The number of nitrogen functional groups attached to an aromatic ring is 1. The van der Waals surface area contributed by atoms with Crippen LogP contribution < -0.4 is 11.3 Å². The number of benzene rings is 1. The number of nitrogens with one attached hydrogen (secondary N) is 1. The van der Waals surface area contributed by atoms with Crippen LogP contribution in [0.5, 0.6) is 0 Å². The summed E-state index contributed by atoms with van der Waals surface area (Å²) in [6.45, 7) is 0. The quantitative estimate of drug-likeness (QED) is 0.814. The Morgan fingerprint density at radius 2 is 1.90 bits per heavy atom. The lowest BCUT2D eigenvalue weighted by molar-refractivity contribution is 0.627. The Kier molecular flexibility index (Phi) is 4.06. The van der Waals surface area contributed by atoms with Gasteiger partial charge in [-0.25, -0.2) is 4.39 Å². The van der Waals surface area contributed by atoms with Crippen molar-refractivity contribution >= 4 is 21.7 Å². The van der Waals surface area contributed by atoms with E-state index in [4.69, 9.17) is 11.0 Å². The highest BCUT2D eigenvalue weighted by atomic mass is 79.9. The first-order chi connectivity index (χ1) is 10.0. The third kappa shape index (κ3) is 2.64. The van der Waals surface area contributed by atoms with Crippen molar-refractivity contribution in [3.05, 3.63) is 51.1 Å². The Hall–Kier alpha value is -2.64. The maximum absolute atomic E-state index is 13.7. The highest BCUT2D eigenvalue weighted by Gasteiger charge is 2.18. The largest absolute Gasteiger partial charge is 0.384 e. The molecule has 3 N–H and O–H groups in total. The van der Waals surface area contributed by atoms with Crippen molar-refractivity contribution in [3.8, 4) is 23.3 Å². The second-order valence-corrected chi connectivity index (χ2v) is 4.76. The monoisotopic (exact) mass is 346 g/mol. The number of nitriles is 2. The highest BCUT2D eigenvalue weighted by Crippen LogP contribution is 2.29. The van der Waals surface area contributed by atoms with Crippen LogP contribution in [0.25, 0.3) is 11.1 Å². The summed E-state index contributed by atoms with van der Waals surface area (Å²) in [5, 5.41) is 18.7. The summed E-state index contributed by atoms with van der Waals surface area (Å²) in [4.78, 5) is 14.0. The number of nitrogens with two attached hydrogens (primary N) is 1. The smallest absolute Gasteiger partial charge is 0.268 e. The molecule has 0 saturated heterocycles. The minimum absolute atomic E-state index is 0.0444. The van der Waals surface area contributed by atoms with Gasteiger partial charge >= 0.3 is 0 Å². The van der Waals surface area contributed by atoms with Crippen LogP contribution >= 0.6 is 15.9 Å². The molecule has 0 radical (unpaired) electrons. The third-order valence-electron chi connectivity index (χ3n) is 2.87. The van der Waals surface area contributed by atoms with Gasteiger partial charge in [-0.05, 0) is 23.3 Å². The van der Waals surface area contributed by atoms with Gasteiger partial charge in [0.1, 0.15) is 34.9 Å². The SMILES string of the molecule is N#Cc1c(N)[nH]c(=O)c(C#N)c1-c1cc(F)cc(CBr)c1. The van der Waals surface area contributed by atoms with Crippen molar-refractivity contribution in [1.29, 1.82) is 10.5 Å². The molecule has 0 aliphatic rings. The van der Waals surface area contributed by atoms with Crippen LogP contribution in [0.1, 0.15) is 16.7 Å². The molecule has 1 aromatic heterocycles. The number of halogens is 2. The molecule has 0 fully saturated rings. The van der Waals surface area contributed by atoms with E-state index < -0.39 is 11.4 Å². The fourth-order valence-corrected chi connectivity index (χ4v) is 2.33. The summed E-state index contributed by atoms with van der Waals surface area (Å²) in [6, 6.07) is 7.64. The summed E-state index contributed by atoms with van der Waals surface area (Å²) in [5.74, 6) is -0.685. The van der Waals surface area contributed by atoms with E-state index in [-0.39, 0.29) is 28.1 Å². The second-order valence-electron chi connectivity index (χ2n) is 4.20. The first-order valence-corrected chi connectivity index (χ1v) is 6.85. The Morgan fingerprint density at radius 1 is 1.24 bits per heavy atom. The number of alkyl halides is 1. The molecular weight excluding hydrogens is 339 g/mol. The van der Waals surface area contributed by atoms with Crippen molar-refractivity contribution in [3.63, 3.8) is 0 Å². The molecular formula is C14H8BrFN4O. The van der Waals surface area contributed by atoms with Crippen LogP contribution in [0.3, 0.4) is 0 Å². The zero-order valence-electron chi connectivity index (χ0n) is 10.6. The number of hydrogen-bond donors (Lipinski definition) is 2. The lowest BCUT2D eigenvalue weighted by Gasteiger charge is -2.10. The predicted molar refractivity (Wildman–Crippen MR) is 78.9 cm³/mol. The molecule has 2 rings (SSSR count). The summed E-state index contributed by atoms with van der Waals surface area (Å²) < 4.78 is 13.7. The van der Waals surface area contributed by atoms with Gasteiger partial charge in [0.2, 0.25) is 0 Å². The normalized spacial score (nSPS) is 9.90. The fourth-order valence-electron chi connectivity index (χ4n) is 2.00. The summed E-state index contributed by atoms with van der Waals surface area (Å²) in [5.41, 5.74) is 5.48. The highest BCUT2D eigenvalue weighted by molar-refractivity contribution is 9.08. The average Bonchev–Trinajstić information content (AvgIpc) is 2.45. The second kappa shape index (κ2) is 5.78. The van der Waals surface area contributed by atoms with Gasteiger partial charge in [-0.3, -0.25) is 4.79 Å². The number of aromatic amines is 1. The molecule has 1 heterocycles. The lowest BCUT2D eigenvalue weighted by Crippen LogP contribution is -2.16. The van der Waals surface area contributed by atoms with Gasteiger partial charge in [0.15, 0.2) is 0 Å².